The van der Waals surface area contributed by atoms with Crippen LogP contribution in [0.5, 0.6) is 0 Å². The molecule has 2 aliphatic rings. The summed E-state index contributed by atoms with van der Waals surface area (Å²) >= 11 is 0. The zero-order valence-electron chi connectivity index (χ0n) is 15.4. The van der Waals surface area contributed by atoms with Crippen LogP contribution < -0.4 is 10.0 Å². The second-order valence-electron chi connectivity index (χ2n) is 7.51. The van der Waals surface area contributed by atoms with Crippen molar-refractivity contribution in [1.82, 2.24) is 14.9 Å². The number of likely N-dealkylation sites (tertiary alicyclic amines) is 1. The Balaban J connectivity index is 1.49. The van der Waals surface area contributed by atoms with Crippen molar-refractivity contribution in [3.05, 3.63) is 30.3 Å². The second kappa shape index (κ2) is 8.39. The van der Waals surface area contributed by atoms with Crippen LogP contribution in [0.4, 0.5) is 4.79 Å². The number of carbonyl (C=O) groups is 1. The maximum absolute atomic E-state index is 12.5. The molecule has 7 heteroatoms. The number of benzene rings is 1. The highest BCUT2D eigenvalue weighted by atomic mass is 32.2. The fourth-order valence-corrected chi connectivity index (χ4v) is 5.19. The molecule has 3 rings (SSSR count). The van der Waals surface area contributed by atoms with Gasteiger partial charge >= 0.3 is 6.03 Å². The number of hydrogen-bond acceptors (Lipinski definition) is 3. The normalized spacial score (nSPS) is 25.0. The largest absolute Gasteiger partial charge is 0.335 e. The molecule has 0 radical (unpaired) electrons. The predicted octanol–water partition coefficient (Wildman–Crippen LogP) is 2.72. The lowest BCUT2D eigenvalue weighted by Gasteiger charge is -2.35. The average Bonchev–Trinajstić information content (AvgIpc) is 2.64. The van der Waals surface area contributed by atoms with E-state index in [2.05, 4.69) is 17.0 Å². The van der Waals surface area contributed by atoms with Crippen molar-refractivity contribution in [3.8, 4) is 0 Å². The van der Waals surface area contributed by atoms with E-state index in [4.69, 9.17) is 0 Å². The van der Waals surface area contributed by atoms with Gasteiger partial charge in [-0.05, 0) is 43.7 Å². The van der Waals surface area contributed by atoms with E-state index in [9.17, 15) is 13.2 Å². The van der Waals surface area contributed by atoms with Gasteiger partial charge in [-0.2, -0.15) is 0 Å². The number of carbonyl (C=O) groups excluding carboxylic acids is 1. The number of rotatable bonds is 4. The molecule has 1 saturated carbocycles. The highest BCUT2D eigenvalue weighted by Gasteiger charge is 2.29. The maximum Gasteiger partial charge on any atom is 0.317 e. The van der Waals surface area contributed by atoms with Crippen LogP contribution in [0.25, 0.3) is 0 Å². The van der Waals surface area contributed by atoms with E-state index >= 15 is 0 Å². The van der Waals surface area contributed by atoms with Gasteiger partial charge in [-0.1, -0.05) is 38.0 Å². The summed E-state index contributed by atoms with van der Waals surface area (Å²) < 4.78 is 27.6. The molecule has 1 aliphatic carbocycles. The number of nitrogens with one attached hydrogen (secondary N) is 2. The Morgan fingerprint density at radius 1 is 1.04 bits per heavy atom. The van der Waals surface area contributed by atoms with E-state index in [0.717, 1.165) is 6.42 Å². The fourth-order valence-electron chi connectivity index (χ4n) is 3.87. The van der Waals surface area contributed by atoms with Crippen molar-refractivity contribution in [1.29, 1.82) is 0 Å². The third-order valence-corrected chi connectivity index (χ3v) is 7.11. The molecule has 0 aromatic heterocycles. The summed E-state index contributed by atoms with van der Waals surface area (Å²) in [5.74, 6) is 0.530. The molecule has 2 unspecified atom stereocenters. The molecule has 0 spiro atoms. The Morgan fingerprint density at radius 2 is 1.69 bits per heavy atom. The van der Waals surface area contributed by atoms with Crippen LogP contribution in [0.15, 0.2) is 35.2 Å². The Bertz CT molecular complexity index is 700. The molecular formula is C19H29N3O3S. The van der Waals surface area contributed by atoms with Gasteiger partial charge in [0.15, 0.2) is 0 Å². The lowest BCUT2D eigenvalue weighted by Crippen LogP contribution is -2.52. The molecule has 1 aliphatic heterocycles. The van der Waals surface area contributed by atoms with E-state index < -0.39 is 10.0 Å². The standard InChI is InChI=1S/C19H29N3O3S/c1-15-7-5-6-10-18(15)20-19(23)22-13-11-16(12-14-22)21-26(24,25)17-8-3-2-4-9-17/h2-4,8-9,15-16,18,21H,5-7,10-14H2,1H3,(H,20,23). The summed E-state index contributed by atoms with van der Waals surface area (Å²) in [5.41, 5.74) is 0. The van der Waals surface area contributed by atoms with Crippen LogP contribution in [-0.4, -0.2) is 44.5 Å². The van der Waals surface area contributed by atoms with E-state index in [1.807, 2.05) is 4.90 Å². The summed E-state index contributed by atoms with van der Waals surface area (Å²) in [7, 11) is -3.50. The smallest absolute Gasteiger partial charge is 0.317 e. The minimum Gasteiger partial charge on any atom is -0.335 e. The van der Waals surface area contributed by atoms with Gasteiger partial charge in [0.2, 0.25) is 10.0 Å². The van der Waals surface area contributed by atoms with Gasteiger partial charge in [0.25, 0.3) is 0 Å². The molecule has 1 aromatic rings. The SMILES string of the molecule is CC1CCCCC1NC(=O)N1CCC(NS(=O)(=O)c2ccccc2)CC1. The minimum atomic E-state index is -3.50. The third-order valence-electron chi connectivity index (χ3n) is 5.58. The summed E-state index contributed by atoms with van der Waals surface area (Å²) in [5, 5.41) is 3.18. The van der Waals surface area contributed by atoms with Crippen LogP contribution in [0.3, 0.4) is 0 Å². The van der Waals surface area contributed by atoms with Gasteiger partial charge in [0.1, 0.15) is 0 Å². The quantitative estimate of drug-likeness (QED) is 0.844. The van der Waals surface area contributed by atoms with Crippen molar-refractivity contribution in [2.24, 2.45) is 5.92 Å². The molecular weight excluding hydrogens is 350 g/mol. The third kappa shape index (κ3) is 4.76. The lowest BCUT2D eigenvalue weighted by molar-refractivity contribution is 0.167. The summed E-state index contributed by atoms with van der Waals surface area (Å²) in [6.07, 6.45) is 5.94. The van der Waals surface area contributed by atoms with Gasteiger partial charge < -0.3 is 10.2 Å². The minimum absolute atomic E-state index is 0.00637. The summed E-state index contributed by atoms with van der Waals surface area (Å²) in [6.45, 7) is 3.36. The molecule has 2 atom stereocenters. The lowest BCUT2D eigenvalue weighted by atomic mass is 9.86. The van der Waals surface area contributed by atoms with Crippen LogP contribution in [0, 0.1) is 5.92 Å². The van der Waals surface area contributed by atoms with Crippen LogP contribution in [-0.2, 0) is 10.0 Å². The van der Waals surface area contributed by atoms with Gasteiger partial charge in [-0.25, -0.2) is 17.9 Å². The molecule has 6 nitrogen and oxygen atoms in total. The predicted molar refractivity (Wildman–Crippen MR) is 101 cm³/mol. The molecule has 1 saturated heterocycles. The van der Waals surface area contributed by atoms with Crippen LogP contribution in [0.2, 0.25) is 0 Å². The first-order valence-electron chi connectivity index (χ1n) is 9.58. The van der Waals surface area contributed by atoms with E-state index in [1.165, 1.54) is 19.3 Å². The first kappa shape index (κ1) is 19.2. The fraction of sp³-hybridized carbons (Fsp3) is 0.632. The molecule has 2 fully saturated rings. The van der Waals surface area contributed by atoms with Gasteiger partial charge in [0, 0.05) is 25.2 Å². The maximum atomic E-state index is 12.5. The molecule has 0 bridgehead atoms. The van der Waals surface area contributed by atoms with Gasteiger partial charge in [-0.3, -0.25) is 0 Å². The van der Waals surface area contributed by atoms with E-state index in [1.54, 1.807) is 30.3 Å². The van der Waals surface area contributed by atoms with E-state index in [0.29, 0.717) is 31.8 Å². The number of sulfonamides is 1. The molecule has 1 aromatic carbocycles. The highest BCUT2D eigenvalue weighted by Crippen LogP contribution is 2.24. The molecule has 144 valence electrons. The molecule has 1 heterocycles. The van der Waals surface area contributed by atoms with Crippen molar-refractivity contribution in [3.63, 3.8) is 0 Å². The zero-order chi connectivity index (χ0) is 18.6. The summed E-state index contributed by atoms with van der Waals surface area (Å²) in [6, 6.07) is 8.55. The number of hydrogen-bond donors (Lipinski definition) is 2. The Labute approximate surface area is 156 Å². The first-order chi connectivity index (χ1) is 12.5. The van der Waals surface area contributed by atoms with Crippen molar-refractivity contribution >= 4 is 16.1 Å². The molecule has 2 N–H and O–H groups in total. The number of piperidine rings is 1. The second-order valence-corrected chi connectivity index (χ2v) is 9.23. The molecule has 26 heavy (non-hydrogen) atoms. The Morgan fingerprint density at radius 3 is 2.35 bits per heavy atom. The van der Waals surface area contributed by atoms with Gasteiger partial charge in [-0.15, -0.1) is 0 Å². The van der Waals surface area contributed by atoms with Gasteiger partial charge in [0.05, 0.1) is 4.90 Å². The average molecular weight is 380 g/mol. The summed E-state index contributed by atoms with van der Waals surface area (Å²) in [4.78, 5) is 14.6. The zero-order valence-corrected chi connectivity index (χ0v) is 16.2. The first-order valence-corrected chi connectivity index (χ1v) is 11.1. The Hall–Kier alpha value is -1.60. The molecule has 2 amide bonds. The van der Waals surface area contributed by atoms with Crippen molar-refractivity contribution < 1.29 is 13.2 Å². The number of amides is 2. The van der Waals surface area contributed by atoms with Crippen molar-refractivity contribution in [2.45, 2.75) is 62.4 Å². The van der Waals surface area contributed by atoms with Crippen molar-refractivity contribution in [2.75, 3.05) is 13.1 Å². The highest BCUT2D eigenvalue weighted by molar-refractivity contribution is 7.89. The monoisotopic (exact) mass is 379 g/mol. The number of urea groups is 1. The topological polar surface area (TPSA) is 78.5 Å². The number of nitrogens with zero attached hydrogens (tertiary/aromatic N) is 1. The Kier molecular flexibility index (Phi) is 6.19. The van der Waals surface area contributed by atoms with Crippen LogP contribution in [0.1, 0.15) is 45.4 Å². The van der Waals surface area contributed by atoms with E-state index in [-0.39, 0.29) is 23.0 Å². The van der Waals surface area contributed by atoms with Crippen LogP contribution >= 0.6 is 0 Å².